The van der Waals surface area contributed by atoms with E-state index in [1.807, 2.05) is 37.3 Å². The average molecular weight is 347 g/mol. The van der Waals surface area contributed by atoms with Gasteiger partial charge in [0.15, 0.2) is 0 Å². The van der Waals surface area contributed by atoms with Crippen LogP contribution in [0.2, 0.25) is 0 Å². The number of carbonyl (C=O) groups excluding carboxylic acids is 2. The quantitative estimate of drug-likeness (QED) is 0.652. The van der Waals surface area contributed by atoms with Crippen molar-refractivity contribution in [1.82, 2.24) is 5.32 Å². The summed E-state index contributed by atoms with van der Waals surface area (Å²) in [6.45, 7) is 6.08. The average Bonchev–Trinajstić information content (AvgIpc) is 2.55. The molecule has 2 rings (SSSR count). The lowest BCUT2D eigenvalue weighted by Crippen LogP contribution is -2.28. The standard InChI is InChI=1S/C18H21NO4S/c1-4-22-15(20)11-14-19-17(13-9-7-6-8-10-13)16(12(3)24-14)18(21)23-5-2/h6-12,19H,4-5H2,1-3H3/b14-11-. The Hall–Kier alpha value is -2.21. The summed E-state index contributed by atoms with van der Waals surface area (Å²) in [6, 6.07) is 9.52. The first-order chi connectivity index (χ1) is 11.6. The largest absolute Gasteiger partial charge is 0.463 e. The van der Waals surface area contributed by atoms with Crippen LogP contribution >= 0.6 is 11.8 Å². The third kappa shape index (κ3) is 4.41. The molecular formula is C18H21NO4S. The lowest BCUT2D eigenvalue weighted by molar-refractivity contribution is -0.138. The molecule has 6 heteroatoms. The van der Waals surface area contributed by atoms with Gasteiger partial charge in [0.25, 0.3) is 0 Å². The molecule has 0 amide bonds. The Morgan fingerprint density at radius 2 is 1.83 bits per heavy atom. The molecule has 128 valence electrons. The van der Waals surface area contributed by atoms with Crippen LogP contribution in [0.1, 0.15) is 26.3 Å². The Labute approximate surface area is 146 Å². The maximum absolute atomic E-state index is 12.4. The second kappa shape index (κ2) is 8.59. The number of hydrogen-bond acceptors (Lipinski definition) is 6. The predicted octanol–water partition coefficient (Wildman–Crippen LogP) is 3.09. The fourth-order valence-electron chi connectivity index (χ4n) is 2.34. The highest BCUT2D eigenvalue weighted by molar-refractivity contribution is 8.03. The van der Waals surface area contributed by atoms with Crippen LogP contribution in [0, 0.1) is 0 Å². The van der Waals surface area contributed by atoms with Crippen LogP contribution in [0.5, 0.6) is 0 Å². The third-order valence-electron chi connectivity index (χ3n) is 3.32. The van der Waals surface area contributed by atoms with E-state index in [4.69, 9.17) is 9.47 Å². The zero-order valence-electron chi connectivity index (χ0n) is 14.0. The molecular weight excluding hydrogens is 326 g/mol. The highest BCUT2D eigenvalue weighted by Crippen LogP contribution is 2.36. The summed E-state index contributed by atoms with van der Waals surface area (Å²) in [5.74, 6) is -0.759. The van der Waals surface area contributed by atoms with Crippen molar-refractivity contribution in [3.05, 3.63) is 52.6 Å². The van der Waals surface area contributed by atoms with E-state index in [0.29, 0.717) is 29.5 Å². The van der Waals surface area contributed by atoms with Gasteiger partial charge >= 0.3 is 11.9 Å². The normalized spacial score (nSPS) is 19.0. The Kier molecular flexibility index (Phi) is 6.49. The van der Waals surface area contributed by atoms with Gasteiger partial charge in [-0.05, 0) is 26.3 Å². The molecule has 0 bridgehead atoms. The van der Waals surface area contributed by atoms with E-state index in [2.05, 4.69) is 5.32 Å². The first-order valence-corrected chi connectivity index (χ1v) is 8.73. The Balaban J connectivity index is 2.43. The number of thioether (sulfide) groups is 1. The zero-order chi connectivity index (χ0) is 17.5. The number of nitrogens with one attached hydrogen (secondary N) is 1. The molecule has 1 unspecified atom stereocenters. The minimum atomic E-state index is -0.410. The number of esters is 2. The first kappa shape index (κ1) is 18.1. The van der Waals surface area contributed by atoms with E-state index in [-0.39, 0.29) is 11.2 Å². The fourth-order valence-corrected chi connectivity index (χ4v) is 3.38. The first-order valence-electron chi connectivity index (χ1n) is 7.85. The van der Waals surface area contributed by atoms with E-state index < -0.39 is 5.97 Å². The third-order valence-corrected chi connectivity index (χ3v) is 4.38. The Morgan fingerprint density at radius 3 is 2.46 bits per heavy atom. The SMILES string of the molecule is CCOC(=O)/C=C1/NC(c2ccccc2)=C(C(=O)OCC)C(C)S1. The number of rotatable bonds is 5. The van der Waals surface area contributed by atoms with Gasteiger partial charge in [0.2, 0.25) is 0 Å². The van der Waals surface area contributed by atoms with Crippen LogP contribution in [-0.2, 0) is 19.1 Å². The van der Waals surface area contributed by atoms with Crippen LogP contribution < -0.4 is 5.32 Å². The van der Waals surface area contributed by atoms with Gasteiger partial charge in [-0.2, -0.15) is 0 Å². The van der Waals surface area contributed by atoms with Gasteiger partial charge in [0.1, 0.15) is 0 Å². The monoisotopic (exact) mass is 347 g/mol. The molecule has 0 aliphatic carbocycles. The molecule has 24 heavy (non-hydrogen) atoms. The summed E-state index contributed by atoms with van der Waals surface area (Å²) >= 11 is 1.39. The van der Waals surface area contributed by atoms with Crippen LogP contribution in [0.4, 0.5) is 0 Å². The Morgan fingerprint density at radius 1 is 1.17 bits per heavy atom. The number of hydrogen-bond donors (Lipinski definition) is 1. The van der Waals surface area contributed by atoms with Crippen molar-refractivity contribution in [3.63, 3.8) is 0 Å². The number of benzene rings is 1. The molecule has 1 aliphatic rings. The fraction of sp³-hybridized carbons (Fsp3) is 0.333. The minimum absolute atomic E-state index is 0.152. The molecule has 5 nitrogen and oxygen atoms in total. The highest BCUT2D eigenvalue weighted by atomic mass is 32.2. The molecule has 1 atom stereocenters. The lowest BCUT2D eigenvalue weighted by atomic mass is 10.0. The van der Waals surface area contributed by atoms with Crippen molar-refractivity contribution in [2.75, 3.05) is 13.2 Å². The van der Waals surface area contributed by atoms with E-state index in [9.17, 15) is 9.59 Å². The topological polar surface area (TPSA) is 64.6 Å². The molecule has 1 aromatic carbocycles. The maximum atomic E-state index is 12.4. The predicted molar refractivity (Wildman–Crippen MR) is 94.9 cm³/mol. The van der Waals surface area contributed by atoms with Gasteiger partial charge in [-0.1, -0.05) is 42.1 Å². The van der Waals surface area contributed by atoms with Crippen LogP contribution in [0.3, 0.4) is 0 Å². The highest BCUT2D eigenvalue weighted by Gasteiger charge is 2.30. The zero-order valence-corrected chi connectivity index (χ0v) is 14.8. The molecule has 0 fully saturated rings. The Bertz CT molecular complexity index is 667. The molecule has 0 spiro atoms. The molecule has 1 aromatic rings. The van der Waals surface area contributed by atoms with Gasteiger partial charge in [-0.25, -0.2) is 9.59 Å². The molecule has 0 saturated carbocycles. The van der Waals surface area contributed by atoms with E-state index in [0.717, 1.165) is 5.56 Å². The maximum Gasteiger partial charge on any atom is 0.337 e. The van der Waals surface area contributed by atoms with Crippen molar-refractivity contribution in [3.8, 4) is 0 Å². The van der Waals surface area contributed by atoms with Crippen LogP contribution in [0.15, 0.2) is 47.0 Å². The van der Waals surface area contributed by atoms with Crippen molar-refractivity contribution >= 4 is 29.4 Å². The summed E-state index contributed by atoms with van der Waals surface area (Å²) in [6.07, 6.45) is 1.41. The minimum Gasteiger partial charge on any atom is -0.463 e. The van der Waals surface area contributed by atoms with Gasteiger partial charge in [-0.15, -0.1) is 0 Å². The summed E-state index contributed by atoms with van der Waals surface area (Å²) in [4.78, 5) is 24.1. The van der Waals surface area contributed by atoms with Crippen molar-refractivity contribution < 1.29 is 19.1 Å². The summed E-state index contributed by atoms with van der Waals surface area (Å²) < 4.78 is 10.2. The molecule has 0 saturated heterocycles. The summed E-state index contributed by atoms with van der Waals surface area (Å²) in [5, 5.41) is 3.68. The lowest BCUT2D eigenvalue weighted by Gasteiger charge is -2.27. The molecule has 0 aromatic heterocycles. The molecule has 1 N–H and O–H groups in total. The molecule has 1 heterocycles. The van der Waals surface area contributed by atoms with Crippen LogP contribution in [-0.4, -0.2) is 30.4 Å². The smallest absolute Gasteiger partial charge is 0.337 e. The van der Waals surface area contributed by atoms with Gasteiger partial charge in [0, 0.05) is 5.25 Å². The van der Waals surface area contributed by atoms with Crippen molar-refractivity contribution in [1.29, 1.82) is 0 Å². The van der Waals surface area contributed by atoms with E-state index >= 15 is 0 Å². The molecule has 1 aliphatic heterocycles. The van der Waals surface area contributed by atoms with Gasteiger partial charge in [-0.3, -0.25) is 0 Å². The van der Waals surface area contributed by atoms with E-state index in [1.54, 1.807) is 13.8 Å². The molecule has 0 radical (unpaired) electrons. The van der Waals surface area contributed by atoms with Crippen molar-refractivity contribution in [2.45, 2.75) is 26.0 Å². The van der Waals surface area contributed by atoms with Gasteiger partial charge in [0.05, 0.1) is 35.6 Å². The second-order valence-electron chi connectivity index (χ2n) is 5.02. The summed E-state index contributed by atoms with van der Waals surface area (Å²) in [7, 11) is 0. The second-order valence-corrected chi connectivity index (χ2v) is 6.40. The van der Waals surface area contributed by atoms with E-state index in [1.165, 1.54) is 17.8 Å². The number of ether oxygens (including phenoxy) is 2. The summed E-state index contributed by atoms with van der Waals surface area (Å²) in [5.41, 5.74) is 2.09. The van der Waals surface area contributed by atoms with Crippen molar-refractivity contribution in [2.24, 2.45) is 0 Å². The number of carbonyl (C=O) groups is 2. The van der Waals surface area contributed by atoms with Crippen LogP contribution in [0.25, 0.3) is 5.70 Å². The van der Waals surface area contributed by atoms with Gasteiger partial charge < -0.3 is 14.8 Å².